The Morgan fingerprint density at radius 2 is 2.00 bits per heavy atom. The van der Waals surface area contributed by atoms with E-state index in [-0.39, 0.29) is 0 Å². The fourth-order valence-corrected chi connectivity index (χ4v) is 1.82. The third-order valence-corrected chi connectivity index (χ3v) is 2.71. The second kappa shape index (κ2) is 4.09. The number of nitrogens with two attached hydrogens (primary N) is 1. The molecule has 1 aromatic rings. The van der Waals surface area contributed by atoms with Gasteiger partial charge in [-0.1, -0.05) is 24.3 Å². The zero-order valence-electron chi connectivity index (χ0n) is 8.46. The lowest BCUT2D eigenvalue weighted by Crippen LogP contribution is -2.28. The quantitative estimate of drug-likeness (QED) is 0.655. The summed E-state index contributed by atoms with van der Waals surface area (Å²) in [7, 11) is 0. The van der Waals surface area contributed by atoms with Gasteiger partial charge < -0.3 is 5.73 Å². The molecule has 4 N–H and O–H groups in total. The van der Waals surface area contributed by atoms with Crippen LogP contribution in [0.2, 0.25) is 0 Å². The van der Waals surface area contributed by atoms with Gasteiger partial charge in [-0.05, 0) is 24.5 Å². The molecule has 0 aromatic heterocycles. The van der Waals surface area contributed by atoms with Crippen LogP contribution in [-0.2, 0) is 6.54 Å². The van der Waals surface area contributed by atoms with Crippen LogP contribution in [0.4, 0.5) is 0 Å². The molecule has 0 bridgehead atoms. The molecule has 1 heterocycles. The zero-order valence-corrected chi connectivity index (χ0v) is 8.46. The first-order valence-corrected chi connectivity index (χ1v) is 5.09. The summed E-state index contributed by atoms with van der Waals surface area (Å²) in [6.45, 7) is 2.80. The number of rotatable bonds is 2. The van der Waals surface area contributed by atoms with Gasteiger partial charge in [0.1, 0.15) is 0 Å². The molecule has 1 fully saturated rings. The van der Waals surface area contributed by atoms with E-state index in [9.17, 15) is 0 Å². The Morgan fingerprint density at radius 1 is 1.29 bits per heavy atom. The van der Waals surface area contributed by atoms with Gasteiger partial charge in [0.25, 0.3) is 0 Å². The minimum Gasteiger partial charge on any atom is -0.326 e. The Bertz CT molecular complexity index is 294. The van der Waals surface area contributed by atoms with E-state index < -0.39 is 0 Å². The number of nitrogens with one attached hydrogen (secondary N) is 2. The topological polar surface area (TPSA) is 50.1 Å². The monoisotopic (exact) mass is 191 g/mol. The fourth-order valence-electron chi connectivity index (χ4n) is 1.82. The zero-order chi connectivity index (χ0) is 9.97. The summed E-state index contributed by atoms with van der Waals surface area (Å²) in [6, 6.07) is 9.49. The van der Waals surface area contributed by atoms with Crippen LogP contribution in [0.3, 0.4) is 0 Å². The smallest absolute Gasteiger partial charge is 0.0477 e. The second-order valence-electron chi connectivity index (χ2n) is 3.92. The average molecular weight is 191 g/mol. The molecule has 0 radical (unpaired) electrons. The predicted molar refractivity (Wildman–Crippen MR) is 57.4 cm³/mol. The molecule has 3 nitrogen and oxygen atoms in total. The minimum absolute atomic E-state index is 0.442. The second-order valence-corrected chi connectivity index (χ2v) is 3.92. The normalized spacial score (nSPS) is 26.7. The van der Waals surface area contributed by atoms with Crippen LogP contribution >= 0.6 is 0 Å². The number of benzene rings is 1. The van der Waals surface area contributed by atoms with Crippen LogP contribution in [0.5, 0.6) is 0 Å². The van der Waals surface area contributed by atoms with Crippen molar-refractivity contribution in [1.29, 1.82) is 0 Å². The highest BCUT2D eigenvalue weighted by Crippen LogP contribution is 2.21. The molecule has 0 saturated carbocycles. The van der Waals surface area contributed by atoms with Gasteiger partial charge in [-0.15, -0.1) is 0 Å². The molecule has 1 aliphatic rings. The van der Waals surface area contributed by atoms with Crippen molar-refractivity contribution >= 4 is 0 Å². The van der Waals surface area contributed by atoms with E-state index in [0.717, 1.165) is 6.42 Å². The van der Waals surface area contributed by atoms with Gasteiger partial charge >= 0.3 is 0 Å². The van der Waals surface area contributed by atoms with Gasteiger partial charge in [0.2, 0.25) is 0 Å². The first-order valence-electron chi connectivity index (χ1n) is 5.09. The van der Waals surface area contributed by atoms with Gasteiger partial charge in [-0.2, -0.15) is 0 Å². The molecule has 0 amide bonds. The van der Waals surface area contributed by atoms with Gasteiger partial charge in [0, 0.05) is 18.6 Å². The van der Waals surface area contributed by atoms with E-state index in [1.807, 2.05) is 0 Å². The van der Waals surface area contributed by atoms with Crippen molar-refractivity contribution in [3.63, 3.8) is 0 Å². The van der Waals surface area contributed by atoms with Crippen LogP contribution in [0.25, 0.3) is 0 Å². The Labute approximate surface area is 84.7 Å². The SMILES string of the molecule is CC1CC(c2ccc(CN)cc2)NN1. The molecule has 2 rings (SSSR count). The maximum absolute atomic E-state index is 5.55. The van der Waals surface area contributed by atoms with Crippen molar-refractivity contribution in [3.05, 3.63) is 35.4 Å². The lowest BCUT2D eigenvalue weighted by molar-refractivity contribution is 0.560. The Hall–Kier alpha value is -0.900. The Balaban J connectivity index is 2.09. The molecular weight excluding hydrogens is 174 g/mol. The molecular formula is C11H17N3. The Kier molecular flexibility index (Phi) is 2.82. The van der Waals surface area contributed by atoms with E-state index in [2.05, 4.69) is 42.0 Å². The van der Waals surface area contributed by atoms with Gasteiger partial charge in [0.05, 0.1) is 0 Å². The van der Waals surface area contributed by atoms with E-state index >= 15 is 0 Å². The predicted octanol–water partition coefficient (Wildman–Crippen LogP) is 1.07. The molecule has 1 aliphatic heterocycles. The summed E-state index contributed by atoms with van der Waals surface area (Å²) < 4.78 is 0. The molecule has 2 unspecified atom stereocenters. The Morgan fingerprint density at radius 3 is 2.50 bits per heavy atom. The number of hydrazine groups is 1. The number of hydrogen-bond acceptors (Lipinski definition) is 3. The van der Waals surface area contributed by atoms with Gasteiger partial charge in [-0.25, -0.2) is 0 Å². The van der Waals surface area contributed by atoms with Crippen LogP contribution in [0.15, 0.2) is 24.3 Å². The van der Waals surface area contributed by atoms with Crippen LogP contribution < -0.4 is 16.6 Å². The molecule has 1 saturated heterocycles. The molecule has 3 heteroatoms. The molecule has 0 aliphatic carbocycles. The summed E-state index contributed by atoms with van der Waals surface area (Å²) in [6.07, 6.45) is 1.14. The van der Waals surface area contributed by atoms with Crippen molar-refractivity contribution in [1.82, 2.24) is 10.9 Å². The van der Waals surface area contributed by atoms with Crippen LogP contribution in [0, 0.1) is 0 Å². The minimum atomic E-state index is 0.442. The summed E-state index contributed by atoms with van der Waals surface area (Å²) in [5, 5.41) is 0. The van der Waals surface area contributed by atoms with Crippen molar-refractivity contribution in [3.8, 4) is 0 Å². The lowest BCUT2D eigenvalue weighted by atomic mass is 10.0. The highest BCUT2D eigenvalue weighted by Gasteiger charge is 2.20. The van der Waals surface area contributed by atoms with Crippen molar-refractivity contribution in [2.45, 2.75) is 32.0 Å². The molecule has 14 heavy (non-hydrogen) atoms. The highest BCUT2D eigenvalue weighted by atomic mass is 15.4. The summed E-state index contributed by atoms with van der Waals surface area (Å²) >= 11 is 0. The standard InChI is InChI=1S/C11H17N3/c1-8-6-11(14-13-8)10-4-2-9(7-12)3-5-10/h2-5,8,11,13-14H,6-7,12H2,1H3. The van der Waals surface area contributed by atoms with Gasteiger partial charge in [0.15, 0.2) is 0 Å². The van der Waals surface area contributed by atoms with E-state index in [1.54, 1.807) is 0 Å². The van der Waals surface area contributed by atoms with Crippen molar-refractivity contribution in [2.24, 2.45) is 5.73 Å². The number of hydrogen-bond donors (Lipinski definition) is 3. The van der Waals surface area contributed by atoms with Crippen LogP contribution in [-0.4, -0.2) is 6.04 Å². The maximum atomic E-state index is 5.55. The van der Waals surface area contributed by atoms with Crippen molar-refractivity contribution < 1.29 is 0 Å². The molecule has 1 aromatic carbocycles. The van der Waals surface area contributed by atoms with Gasteiger partial charge in [-0.3, -0.25) is 10.9 Å². The third-order valence-electron chi connectivity index (χ3n) is 2.71. The largest absolute Gasteiger partial charge is 0.326 e. The lowest BCUT2D eigenvalue weighted by Gasteiger charge is -2.09. The van der Waals surface area contributed by atoms with Crippen molar-refractivity contribution in [2.75, 3.05) is 0 Å². The third kappa shape index (κ3) is 1.95. The molecule has 0 spiro atoms. The summed E-state index contributed by atoms with van der Waals surface area (Å²) in [4.78, 5) is 0. The van der Waals surface area contributed by atoms with E-state index in [1.165, 1.54) is 11.1 Å². The summed E-state index contributed by atoms with van der Waals surface area (Å²) in [5.41, 5.74) is 14.6. The molecule has 2 atom stereocenters. The first-order chi connectivity index (χ1) is 6.79. The fraction of sp³-hybridized carbons (Fsp3) is 0.455. The van der Waals surface area contributed by atoms with E-state index in [4.69, 9.17) is 5.73 Å². The highest BCUT2D eigenvalue weighted by molar-refractivity contribution is 5.25. The summed E-state index contributed by atoms with van der Waals surface area (Å²) in [5.74, 6) is 0. The van der Waals surface area contributed by atoms with Crippen LogP contribution in [0.1, 0.15) is 30.5 Å². The maximum Gasteiger partial charge on any atom is 0.0477 e. The average Bonchev–Trinajstić information content (AvgIpc) is 2.65. The first kappa shape index (κ1) is 9.65. The molecule has 76 valence electrons. The van der Waals surface area contributed by atoms with E-state index in [0.29, 0.717) is 18.6 Å².